The van der Waals surface area contributed by atoms with Crippen LogP contribution in [0.4, 0.5) is 5.69 Å². The van der Waals surface area contributed by atoms with Crippen LogP contribution < -0.4 is 10.6 Å². The third-order valence-corrected chi connectivity index (χ3v) is 4.38. The van der Waals surface area contributed by atoms with Gasteiger partial charge in [0.15, 0.2) is 0 Å². The number of nitrogens with zero attached hydrogens (tertiary/aromatic N) is 2. The molecule has 0 aliphatic carbocycles. The molecule has 3 heteroatoms. The SMILES string of the molecule is CC1CCN(c2ccnc3ccccc23)CC1CN. The van der Waals surface area contributed by atoms with Gasteiger partial charge in [-0.05, 0) is 36.9 Å². The van der Waals surface area contributed by atoms with E-state index in [2.05, 4.69) is 41.1 Å². The van der Waals surface area contributed by atoms with Gasteiger partial charge in [0.2, 0.25) is 0 Å². The van der Waals surface area contributed by atoms with E-state index >= 15 is 0 Å². The average molecular weight is 255 g/mol. The van der Waals surface area contributed by atoms with Crippen LogP contribution in [-0.2, 0) is 0 Å². The zero-order valence-corrected chi connectivity index (χ0v) is 11.4. The zero-order chi connectivity index (χ0) is 13.2. The van der Waals surface area contributed by atoms with Gasteiger partial charge < -0.3 is 10.6 Å². The fourth-order valence-corrected chi connectivity index (χ4v) is 3.03. The summed E-state index contributed by atoms with van der Waals surface area (Å²) in [6.45, 7) is 5.28. The second-order valence-corrected chi connectivity index (χ2v) is 5.55. The summed E-state index contributed by atoms with van der Waals surface area (Å²) in [6, 6.07) is 10.5. The molecular formula is C16H21N3. The minimum absolute atomic E-state index is 0.598. The van der Waals surface area contributed by atoms with E-state index in [1.54, 1.807) is 0 Å². The van der Waals surface area contributed by atoms with Crippen molar-refractivity contribution >= 4 is 16.6 Å². The molecule has 1 aromatic heterocycles. The van der Waals surface area contributed by atoms with Crippen LogP contribution >= 0.6 is 0 Å². The first-order chi connectivity index (χ1) is 9.29. The van der Waals surface area contributed by atoms with Crippen LogP contribution in [0.2, 0.25) is 0 Å². The van der Waals surface area contributed by atoms with Crippen molar-refractivity contribution in [1.29, 1.82) is 0 Å². The van der Waals surface area contributed by atoms with Crippen LogP contribution in [0.3, 0.4) is 0 Å². The molecule has 1 aliphatic rings. The van der Waals surface area contributed by atoms with Gasteiger partial charge in [-0.1, -0.05) is 25.1 Å². The molecule has 0 amide bonds. The van der Waals surface area contributed by atoms with Gasteiger partial charge in [-0.15, -0.1) is 0 Å². The maximum atomic E-state index is 5.91. The van der Waals surface area contributed by atoms with E-state index in [9.17, 15) is 0 Å². The molecule has 19 heavy (non-hydrogen) atoms. The number of pyridine rings is 1. The summed E-state index contributed by atoms with van der Waals surface area (Å²) < 4.78 is 0. The highest BCUT2D eigenvalue weighted by molar-refractivity contribution is 5.91. The lowest BCUT2D eigenvalue weighted by atomic mass is 9.87. The molecule has 1 saturated heterocycles. The van der Waals surface area contributed by atoms with Crippen LogP contribution in [0.15, 0.2) is 36.5 Å². The Morgan fingerprint density at radius 3 is 3.00 bits per heavy atom. The van der Waals surface area contributed by atoms with E-state index in [1.807, 2.05) is 12.3 Å². The molecule has 2 unspecified atom stereocenters. The first-order valence-electron chi connectivity index (χ1n) is 7.08. The Balaban J connectivity index is 1.96. The summed E-state index contributed by atoms with van der Waals surface area (Å²) in [6.07, 6.45) is 3.13. The van der Waals surface area contributed by atoms with Gasteiger partial charge in [0.1, 0.15) is 0 Å². The Bertz CT molecular complexity index is 561. The van der Waals surface area contributed by atoms with E-state index in [0.29, 0.717) is 5.92 Å². The van der Waals surface area contributed by atoms with Gasteiger partial charge in [-0.25, -0.2) is 0 Å². The molecule has 1 aromatic carbocycles. The van der Waals surface area contributed by atoms with E-state index < -0.39 is 0 Å². The van der Waals surface area contributed by atoms with Gasteiger partial charge in [-0.2, -0.15) is 0 Å². The van der Waals surface area contributed by atoms with E-state index in [-0.39, 0.29) is 0 Å². The Kier molecular flexibility index (Phi) is 3.38. The van der Waals surface area contributed by atoms with Crippen molar-refractivity contribution in [2.24, 2.45) is 17.6 Å². The normalized spacial score (nSPS) is 23.8. The molecule has 0 spiro atoms. The first-order valence-corrected chi connectivity index (χ1v) is 7.08. The number of aromatic nitrogens is 1. The van der Waals surface area contributed by atoms with Gasteiger partial charge in [0, 0.05) is 30.4 Å². The van der Waals surface area contributed by atoms with E-state index in [4.69, 9.17) is 5.73 Å². The highest BCUT2D eigenvalue weighted by Crippen LogP contribution is 2.30. The molecule has 3 nitrogen and oxygen atoms in total. The number of hydrogen-bond donors (Lipinski definition) is 1. The molecule has 1 aliphatic heterocycles. The molecule has 2 aromatic rings. The molecule has 2 atom stereocenters. The van der Waals surface area contributed by atoms with Crippen LogP contribution in [0.25, 0.3) is 10.9 Å². The quantitative estimate of drug-likeness (QED) is 0.897. The van der Waals surface area contributed by atoms with Gasteiger partial charge in [0.25, 0.3) is 0 Å². The monoisotopic (exact) mass is 255 g/mol. The van der Waals surface area contributed by atoms with Crippen LogP contribution in [-0.4, -0.2) is 24.6 Å². The maximum absolute atomic E-state index is 5.91. The summed E-state index contributed by atoms with van der Waals surface area (Å²) in [5.74, 6) is 1.33. The van der Waals surface area contributed by atoms with Gasteiger partial charge >= 0.3 is 0 Å². The number of rotatable bonds is 2. The molecule has 2 heterocycles. The number of benzene rings is 1. The molecule has 1 fully saturated rings. The number of anilines is 1. The van der Waals surface area contributed by atoms with Crippen molar-refractivity contribution in [3.63, 3.8) is 0 Å². The van der Waals surface area contributed by atoms with Crippen molar-refractivity contribution in [3.8, 4) is 0 Å². The lowest BCUT2D eigenvalue weighted by molar-refractivity contribution is 0.308. The Labute approximate surface area is 114 Å². The van der Waals surface area contributed by atoms with Gasteiger partial charge in [-0.3, -0.25) is 4.98 Å². The predicted molar refractivity (Wildman–Crippen MR) is 80.3 cm³/mol. The molecule has 100 valence electrons. The van der Waals surface area contributed by atoms with E-state index in [1.165, 1.54) is 17.5 Å². The second-order valence-electron chi connectivity index (χ2n) is 5.55. The minimum Gasteiger partial charge on any atom is -0.371 e. The smallest absolute Gasteiger partial charge is 0.0722 e. The Hall–Kier alpha value is -1.61. The standard InChI is InChI=1S/C16H21N3/c1-12-7-9-19(11-13(12)10-17)16-6-8-18-15-5-3-2-4-14(15)16/h2-6,8,12-13H,7,9-11,17H2,1H3. The Morgan fingerprint density at radius 2 is 2.16 bits per heavy atom. The van der Waals surface area contributed by atoms with E-state index in [0.717, 1.165) is 31.1 Å². The fraction of sp³-hybridized carbons (Fsp3) is 0.438. The molecule has 2 N–H and O–H groups in total. The van der Waals surface area contributed by atoms with Crippen LogP contribution in [0, 0.1) is 11.8 Å². The summed E-state index contributed by atoms with van der Waals surface area (Å²) in [5.41, 5.74) is 8.28. The summed E-state index contributed by atoms with van der Waals surface area (Å²) in [5, 5.41) is 1.25. The first kappa shape index (κ1) is 12.4. The molecule has 0 radical (unpaired) electrons. The summed E-state index contributed by atoms with van der Waals surface area (Å²) >= 11 is 0. The lowest BCUT2D eigenvalue weighted by Gasteiger charge is -2.38. The largest absolute Gasteiger partial charge is 0.371 e. The second kappa shape index (κ2) is 5.17. The molecule has 3 rings (SSSR count). The molecular weight excluding hydrogens is 234 g/mol. The maximum Gasteiger partial charge on any atom is 0.0722 e. The van der Waals surface area contributed by atoms with Crippen molar-refractivity contribution in [3.05, 3.63) is 36.5 Å². The lowest BCUT2D eigenvalue weighted by Crippen LogP contribution is -2.42. The van der Waals surface area contributed by atoms with Crippen LogP contribution in [0.5, 0.6) is 0 Å². The fourth-order valence-electron chi connectivity index (χ4n) is 3.03. The summed E-state index contributed by atoms with van der Waals surface area (Å²) in [4.78, 5) is 6.91. The molecule has 0 saturated carbocycles. The van der Waals surface area contributed by atoms with Crippen molar-refractivity contribution < 1.29 is 0 Å². The number of piperidine rings is 1. The Morgan fingerprint density at radius 1 is 1.32 bits per heavy atom. The topological polar surface area (TPSA) is 42.2 Å². The molecule has 0 bridgehead atoms. The number of nitrogens with two attached hydrogens (primary N) is 1. The number of hydrogen-bond acceptors (Lipinski definition) is 3. The third kappa shape index (κ3) is 2.30. The third-order valence-electron chi connectivity index (χ3n) is 4.38. The van der Waals surface area contributed by atoms with Gasteiger partial charge in [0.05, 0.1) is 5.52 Å². The minimum atomic E-state index is 0.598. The number of para-hydroxylation sites is 1. The summed E-state index contributed by atoms with van der Waals surface area (Å²) in [7, 11) is 0. The predicted octanol–water partition coefficient (Wildman–Crippen LogP) is 2.66. The van der Waals surface area contributed by atoms with Crippen molar-refractivity contribution in [2.75, 3.05) is 24.5 Å². The van der Waals surface area contributed by atoms with Crippen LogP contribution in [0.1, 0.15) is 13.3 Å². The van der Waals surface area contributed by atoms with Crippen molar-refractivity contribution in [1.82, 2.24) is 4.98 Å². The highest BCUT2D eigenvalue weighted by atomic mass is 15.1. The zero-order valence-electron chi connectivity index (χ0n) is 11.4. The average Bonchev–Trinajstić information content (AvgIpc) is 2.47. The number of fused-ring (bicyclic) bond motifs is 1. The highest BCUT2D eigenvalue weighted by Gasteiger charge is 2.25. The van der Waals surface area contributed by atoms with Crippen molar-refractivity contribution in [2.45, 2.75) is 13.3 Å².